The number of carbonyl (C=O) groups excluding carboxylic acids is 2. The Hall–Kier alpha value is -2.43. The molecule has 1 saturated heterocycles. The largest absolute Gasteiger partial charge is 0.394 e. The van der Waals surface area contributed by atoms with E-state index in [1.165, 1.54) is 0 Å². The molecule has 39 heavy (non-hydrogen) atoms. The highest BCUT2D eigenvalue weighted by molar-refractivity contribution is 8.14. The number of nitrogens with zero attached hydrogens (tertiary/aromatic N) is 2. The minimum atomic E-state index is -0.895. The Morgan fingerprint density at radius 3 is 2.67 bits per heavy atom. The molecule has 1 unspecified atom stereocenters. The summed E-state index contributed by atoms with van der Waals surface area (Å²) < 4.78 is 6.06. The molecule has 210 valence electrons. The second-order valence-electron chi connectivity index (χ2n) is 10.4. The number of likely N-dealkylation sites (tertiary alicyclic amines) is 1. The molecule has 0 spiro atoms. The van der Waals surface area contributed by atoms with E-state index in [4.69, 9.17) is 27.1 Å². The molecule has 0 bridgehead atoms. The number of thioether (sulfide) groups is 1. The van der Waals surface area contributed by atoms with Crippen molar-refractivity contribution >= 4 is 40.2 Å². The van der Waals surface area contributed by atoms with E-state index in [0.29, 0.717) is 30.3 Å². The average Bonchev–Trinajstić information content (AvgIpc) is 3.58. The standard InChI is InChI=1S/C29H37ClN4O4S/c1-19(31)26(36)32-25(20(2)38-16-21-8-4-3-5-9-21)28(37)34-13-7-12-24(34)27-33-29(17-35,18-39-27)15-22-10-6-11-23(30)14-22/h3-6,8-11,14,19-20,24-25,35H,7,12-13,15-18,31H2,1-2H3,(H,32,36)/t19-,20?,24-,25-,29-/m0/s1. The molecule has 10 heteroatoms. The first kappa shape index (κ1) is 29.6. The molecular formula is C29H37ClN4O4S. The van der Waals surface area contributed by atoms with Crippen molar-refractivity contribution in [3.63, 3.8) is 0 Å². The van der Waals surface area contributed by atoms with E-state index in [1.807, 2.05) is 54.6 Å². The lowest BCUT2D eigenvalue weighted by atomic mass is 9.94. The summed E-state index contributed by atoms with van der Waals surface area (Å²) in [6.07, 6.45) is 1.56. The van der Waals surface area contributed by atoms with Crippen molar-refractivity contribution in [1.29, 1.82) is 0 Å². The molecule has 0 aromatic heterocycles. The highest BCUT2D eigenvalue weighted by Crippen LogP contribution is 2.36. The Balaban J connectivity index is 1.52. The van der Waals surface area contributed by atoms with Crippen LogP contribution >= 0.6 is 23.4 Å². The molecule has 2 aliphatic heterocycles. The fraction of sp³-hybridized carbons (Fsp3) is 0.483. The number of amides is 2. The first-order valence-corrected chi connectivity index (χ1v) is 14.7. The fourth-order valence-electron chi connectivity index (χ4n) is 4.96. The zero-order valence-electron chi connectivity index (χ0n) is 22.4. The summed E-state index contributed by atoms with van der Waals surface area (Å²) in [5.41, 5.74) is 7.13. The van der Waals surface area contributed by atoms with Crippen LogP contribution in [0.4, 0.5) is 0 Å². The lowest BCUT2D eigenvalue weighted by molar-refractivity contribution is -0.141. The van der Waals surface area contributed by atoms with Crippen molar-refractivity contribution in [3.8, 4) is 0 Å². The van der Waals surface area contributed by atoms with Gasteiger partial charge in [-0.15, -0.1) is 11.8 Å². The van der Waals surface area contributed by atoms with Gasteiger partial charge >= 0.3 is 0 Å². The van der Waals surface area contributed by atoms with E-state index in [1.54, 1.807) is 30.5 Å². The van der Waals surface area contributed by atoms with Crippen molar-refractivity contribution in [2.24, 2.45) is 10.7 Å². The normalized spacial score (nSPS) is 23.3. The van der Waals surface area contributed by atoms with Crippen LogP contribution in [0.25, 0.3) is 0 Å². The molecule has 4 N–H and O–H groups in total. The first-order valence-electron chi connectivity index (χ1n) is 13.3. The molecule has 2 heterocycles. The fourth-order valence-corrected chi connectivity index (χ4v) is 6.54. The van der Waals surface area contributed by atoms with E-state index >= 15 is 0 Å². The Labute approximate surface area is 239 Å². The number of hydrogen-bond acceptors (Lipinski definition) is 7. The molecule has 0 saturated carbocycles. The number of halogens is 1. The van der Waals surface area contributed by atoms with Crippen LogP contribution in [0.15, 0.2) is 59.6 Å². The van der Waals surface area contributed by atoms with Crippen molar-refractivity contribution in [2.75, 3.05) is 18.9 Å². The topological polar surface area (TPSA) is 117 Å². The van der Waals surface area contributed by atoms with Gasteiger partial charge in [0.25, 0.3) is 0 Å². The van der Waals surface area contributed by atoms with Crippen molar-refractivity contribution in [2.45, 2.75) is 69.5 Å². The number of aliphatic hydroxyl groups excluding tert-OH is 1. The summed E-state index contributed by atoms with van der Waals surface area (Å²) >= 11 is 7.76. The van der Waals surface area contributed by atoms with Gasteiger partial charge in [0.2, 0.25) is 11.8 Å². The number of aliphatic imine (C=N–C) groups is 1. The van der Waals surface area contributed by atoms with Gasteiger partial charge < -0.3 is 25.8 Å². The number of nitrogens with two attached hydrogens (primary N) is 1. The number of hydrogen-bond donors (Lipinski definition) is 3. The van der Waals surface area contributed by atoms with Gasteiger partial charge in [-0.25, -0.2) is 0 Å². The quantitative estimate of drug-likeness (QED) is 0.381. The first-order chi connectivity index (χ1) is 18.7. The van der Waals surface area contributed by atoms with Gasteiger partial charge in [-0.3, -0.25) is 14.6 Å². The number of nitrogens with one attached hydrogen (secondary N) is 1. The second kappa shape index (κ2) is 13.3. The van der Waals surface area contributed by atoms with Crippen LogP contribution in [0.1, 0.15) is 37.8 Å². The molecule has 2 amide bonds. The van der Waals surface area contributed by atoms with Gasteiger partial charge in [0.05, 0.1) is 42.0 Å². The van der Waals surface area contributed by atoms with Crippen molar-refractivity contribution in [1.82, 2.24) is 10.2 Å². The molecule has 2 aromatic carbocycles. The van der Waals surface area contributed by atoms with Gasteiger partial charge in [0.1, 0.15) is 6.04 Å². The lowest BCUT2D eigenvalue weighted by Crippen LogP contribution is -2.58. The highest BCUT2D eigenvalue weighted by Gasteiger charge is 2.43. The molecule has 0 radical (unpaired) electrons. The average molecular weight is 573 g/mol. The molecule has 5 atom stereocenters. The summed E-state index contributed by atoms with van der Waals surface area (Å²) in [5.74, 6) is -0.00920. The molecule has 8 nitrogen and oxygen atoms in total. The predicted molar refractivity (Wildman–Crippen MR) is 156 cm³/mol. The summed E-state index contributed by atoms with van der Waals surface area (Å²) in [5, 5.41) is 14.6. The third-order valence-electron chi connectivity index (χ3n) is 7.18. The summed E-state index contributed by atoms with van der Waals surface area (Å²) in [6, 6.07) is 15.4. The maximum absolute atomic E-state index is 13.9. The zero-order valence-corrected chi connectivity index (χ0v) is 24.0. The molecule has 4 rings (SSSR count). The Morgan fingerprint density at radius 1 is 1.23 bits per heavy atom. The third-order valence-corrected chi connectivity index (χ3v) is 8.75. The van der Waals surface area contributed by atoms with Crippen LogP contribution in [0.5, 0.6) is 0 Å². The lowest BCUT2D eigenvalue weighted by Gasteiger charge is -2.32. The number of rotatable bonds is 11. The van der Waals surface area contributed by atoms with E-state index in [2.05, 4.69) is 5.32 Å². The molecule has 0 aliphatic carbocycles. The monoisotopic (exact) mass is 572 g/mol. The SMILES string of the molecule is CC(OCc1ccccc1)[C@H](NC(=O)[C@H](C)N)C(=O)N1CCC[C@H]1C1=N[C@](CO)(Cc2cccc(Cl)c2)CS1. The van der Waals surface area contributed by atoms with Crippen LogP contribution in [-0.4, -0.2) is 75.5 Å². The number of benzene rings is 2. The van der Waals surface area contributed by atoms with Crippen LogP contribution < -0.4 is 11.1 Å². The Kier molecular flexibility index (Phi) is 10.1. The van der Waals surface area contributed by atoms with Crippen molar-refractivity contribution < 1.29 is 19.4 Å². The number of ether oxygens (including phenoxy) is 1. The molecule has 2 aliphatic rings. The minimum Gasteiger partial charge on any atom is -0.394 e. The summed E-state index contributed by atoms with van der Waals surface area (Å²) in [7, 11) is 0. The Morgan fingerprint density at radius 2 is 1.97 bits per heavy atom. The molecular weight excluding hydrogens is 536 g/mol. The van der Waals surface area contributed by atoms with Crippen molar-refractivity contribution in [3.05, 3.63) is 70.7 Å². The number of aliphatic hydroxyl groups is 1. The summed E-state index contributed by atoms with van der Waals surface area (Å²) in [6.45, 7) is 4.15. The van der Waals surface area contributed by atoms with E-state index < -0.39 is 29.6 Å². The van der Waals surface area contributed by atoms with Crippen LogP contribution in [0.2, 0.25) is 5.02 Å². The maximum atomic E-state index is 13.9. The molecule has 1 fully saturated rings. The van der Waals surface area contributed by atoms with Gasteiger partial charge in [-0.1, -0.05) is 54.1 Å². The number of carbonyl (C=O) groups is 2. The van der Waals surface area contributed by atoms with E-state index in [-0.39, 0.29) is 18.6 Å². The van der Waals surface area contributed by atoms with Crippen LogP contribution in [-0.2, 0) is 27.4 Å². The van der Waals surface area contributed by atoms with Crippen LogP contribution in [0, 0.1) is 0 Å². The highest BCUT2D eigenvalue weighted by atomic mass is 35.5. The predicted octanol–water partition coefficient (Wildman–Crippen LogP) is 3.19. The van der Waals surface area contributed by atoms with Gasteiger partial charge in [-0.05, 0) is 49.9 Å². The smallest absolute Gasteiger partial charge is 0.248 e. The van der Waals surface area contributed by atoms with Gasteiger partial charge in [-0.2, -0.15) is 0 Å². The van der Waals surface area contributed by atoms with E-state index in [0.717, 1.165) is 29.0 Å². The van der Waals surface area contributed by atoms with Gasteiger partial charge in [0, 0.05) is 23.7 Å². The zero-order chi connectivity index (χ0) is 28.0. The minimum absolute atomic E-state index is 0.103. The van der Waals surface area contributed by atoms with Crippen LogP contribution in [0.3, 0.4) is 0 Å². The second-order valence-corrected chi connectivity index (χ2v) is 11.8. The maximum Gasteiger partial charge on any atom is 0.248 e. The molecule has 2 aromatic rings. The Bertz CT molecular complexity index is 1180. The summed E-state index contributed by atoms with van der Waals surface area (Å²) in [4.78, 5) is 33.3. The van der Waals surface area contributed by atoms with E-state index in [9.17, 15) is 14.7 Å². The van der Waals surface area contributed by atoms with Gasteiger partial charge in [0.15, 0.2) is 0 Å². The third kappa shape index (κ3) is 7.41.